The van der Waals surface area contributed by atoms with Crippen molar-refractivity contribution in [2.24, 2.45) is 5.92 Å². The van der Waals surface area contributed by atoms with Crippen LogP contribution >= 0.6 is 11.8 Å². The maximum absolute atomic E-state index is 9.54. The summed E-state index contributed by atoms with van der Waals surface area (Å²) in [5.74, 6) is 2.17. The van der Waals surface area contributed by atoms with E-state index in [4.69, 9.17) is 0 Å². The Morgan fingerprint density at radius 1 is 1.42 bits per heavy atom. The number of thioether (sulfide) groups is 1. The van der Waals surface area contributed by atoms with Gasteiger partial charge in [0.25, 0.3) is 0 Å². The van der Waals surface area contributed by atoms with Gasteiger partial charge in [0.05, 0.1) is 6.10 Å². The monoisotopic (exact) mass is 188 g/mol. The number of hydrogen-bond acceptors (Lipinski definition) is 2. The smallest absolute Gasteiger partial charge is 0.0540 e. The molecule has 0 aliphatic heterocycles. The molecule has 1 N–H and O–H groups in total. The van der Waals surface area contributed by atoms with E-state index in [0.717, 1.165) is 18.8 Å². The first-order valence-electron chi connectivity index (χ1n) is 5.00. The highest BCUT2D eigenvalue weighted by Crippen LogP contribution is 2.34. The van der Waals surface area contributed by atoms with Crippen molar-refractivity contribution in [1.82, 2.24) is 0 Å². The number of aliphatic hydroxyl groups excluding tert-OH is 1. The van der Waals surface area contributed by atoms with Crippen molar-refractivity contribution in [2.75, 3.05) is 12.0 Å². The minimum Gasteiger partial charge on any atom is -0.393 e. The van der Waals surface area contributed by atoms with Crippen LogP contribution in [0, 0.1) is 5.92 Å². The zero-order valence-electron chi connectivity index (χ0n) is 7.96. The van der Waals surface area contributed by atoms with Gasteiger partial charge in [-0.25, -0.2) is 0 Å². The molecule has 0 aromatic rings. The lowest BCUT2D eigenvalue weighted by Crippen LogP contribution is -2.06. The maximum Gasteiger partial charge on any atom is 0.0540 e. The lowest BCUT2D eigenvalue weighted by atomic mass is 10.1. The van der Waals surface area contributed by atoms with Crippen LogP contribution < -0.4 is 0 Å². The highest BCUT2D eigenvalue weighted by atomic mass is 32.2. The summed E-state index contributed by atoms with van der Waals surface area (Å²) in [7, 11) is 0. The Bertz CT molecular complexity index is 112. The fourth-order valence-corrected chi connectivity index (χ4v) is 1.90. The van der Waals surface area contributed by atoms with E-state index in [1.54, 1.807) is 0 Å². The van der Waals surface area contributed by atoms with Crippen LogP contribution in [-0.2, 0) is 0 Å². The molecule has 2 heteroatoms. The molecule has 1 nitrogen and oxygen atoms in total. The van der Waals surface area contributed by atoms with Gasteiger partial charge in [-0.05, 0) is 43.6 Å². The van der Waals surface area contributed by atoms with Crippen LogP contribution in [-0.4, -0.2) is 23.2 Å². The number of aliphatic hydroxyl groups is 1. The Morgan fingerprint density at radius 3 is 2.75 bits per heavy atom. The standard InChI is InChI=1S/C10H20OS/c1-12-8-2-3-10(11)7-6-9-4-5-9/h9-11H,2-8H2,1H3. The van der Waals surface area contributed by atoms with Crippen LogP contribution in [0.1, 0.15) is 38.5 Å². The topological polar surface area (TPSA) is 20.2 Å². The second kappa shape index (κ2) is 5.87. The summed E-state index contributed by atoms with van der Waals surface area (Å²) >= 11 is 1.87. The van der Waals surface area contributed by atoms with E-state index < -0.39 is 0 Å². The van der Waals surface area contributed by atoms with E-state index in [-0.39, 0.29) is 6.10 Å². The van der Waals surface area contributed by atoms with Gasteiger partial charge in [-0.3, -0.25) is 0 Å². The Kier molecular flexibility index (Phi) is 5.08. The summed E-state index contributed by atoms with van der Waals surface area (Å²) in [6.45, 7) is 0. The van der Waals surface area contributed by atoms with Crippen LogP contribution in [0.2, 0.25) is 0 Å². The summed E-state index contributed by atoms with van der Waals surface area (Å²) in [4.78, 5) is 0. The quantitative estimate of drug-likeness (QED) is 0.620. The Morgan fingerprint density at radius 2 is 2.17 bits per heavy atom. The van der Waals surface area contributed by atoms with Crippen molar-refractivity contribution in [3.8, 4) is 0 Å². The van der Waals surface area contributed by atoms with Gasteiger partial charge < -0.3 is 5.11 Å². The summed E-state index contributed by atoms with van der Waals surface area (Å²) in [6.07, 6.45) is 9.42. The van der Waals surface area contributed by atoms with Crippen molar-refractivity contribution >= 4 is 11.8 Å². The largest absolute Gasteiger partial charge is 0.393 e. The average Bonchev–Trinajstić information content (AvgIpc) is 2.84. The SMILES string of the molecule is CSCCCC(O)CCC1CC1. The number of rotatable bonds is 7. The van der Waals surface area contributed by atoms with Gasteiger partial charge in [-0.2, -0.15) is 11.8 Å². The third kappa shape index (κ3) is 5.04. The van der Waals surface area contributed by atoms with E-state index in [1.807, 2.05) is 11.8 Å². The molecular formula is C10H20OS. The van der Waals surface area contributed by atoms with E-state index in [9.17, 15) is 5.11 Å². The molecule has 1 fully saturated rings. The molecule has 0 spiro atoms. The molecule has 0 aromatic heterocycles. The molecule has 1 atom stereocenters. The molecular weight excluding hydrogens is 168 g/mol. The normalized spacial score (nSPS) is 19.5. The minimum absolute atomic E-state index is 0.0160. The molecule has 0 saturated heterocycles. The maximum atomic E-state index is 9.54. The van der Waals surface area contributed by atoms with Gasteiger partial charge in [0.1, 0.15) is 0 Å². The van der Waals surface area contributed by atoms with Crippen molar-refractivity contribution < 1.29 is 5.11 Å². The first-order chi connectivity index (χ1) is 5.83. The number of hydrogen-bond donors (Lipinski definition) is 1. The fourth-order valence-electron chi connectivity index (χ4n) is 1.44. The van der Waals surface area contributed by atoms with Gasteiger partial charge in [0, 0.05) is 0 Å². The zero-order chi connectivity index (χ0) is 8.81. The van der Waals surface area contributed by atoms with E-state index in [1.165, 1.54) is 31.4 Å². The van der Waals surface area contributed by atoms with Gasteiger partial charge >= 0.3 is 0 Å². The van der Waals surface area contributed by atoms with Crippen molar-refractivity contribution in [3.05, 3.63) is 0 Å². The Balaban J connectivity index is 1.84. The summed E-state index contributed by atoms with van der Waals surface area (Å²) < 4.78 is 0. The van der Waals surface area contributed by atoms with E-state index in [0.29, 0.717) is 0 Å². The molecule has 72 valence electrons. The molecule has 1 aliphatic carbocycles. The van der Waals surface area contributed by atoms with Crippen LogP contribution in [0.3, 0.4) is 0 Å². The summed E-state index contributed by atoms with van der Waals surface area (Å²) in [5.41, 5.74) is 0. The third-order valence-electron chi connectivity index (χ3n) is 2.49. The third-order valence-corrected chi connectivity index (χ3v) is 3.19. The van der Waals surface area contributed by atoms with E-state index >= 15 is 0 Å². The second-order valence-corrected chi connectivity index (χ2v) is 4.80. The van der Waals surface area contributed by atoms with Crippen molar-refractivity contribution in [3.63, 3.8) is 0 Å². The van der Waals surface area contributed by atoms with Crippen molar-refractivity contribution in [1.29, 1.82) is 0 Å². The van der Waals surface area contributed by atoms with Crippen LogP contribution in [0.25, 0.3) is 0 Å². The summed E-state index contributed by atoms with van der Waals surface area (Å²) in [5, 5.41) is 9.54. The molecule has 1 aliphatic rings. The molecule has 1 unspecified atom stereocenters. The molecule has 1 saturated carbocycles. The predicted molar refractivity (Wildman–Crippen MR) is 55.6 cm³/mol. The lowest BCUT2D eigenvalue weighted by Gasteiger charge is -2.08. The minimum atomic E-state index is -0.0160. The van der Waals surface area contributed by atoms with Crippen molar-refractivity contribution in [2.45, 2.75) is 44.6 Å². The van der Waals surface area contributed by atoms with Crippen LogP contribution in [0.5, 0.6) is 0 Å². The molecule has 0 radical (unpaired) electrons. The zero-order valence-corrected chi connectivity index (χ0v) is 8.78. The molecule has 0 aromatic carbocycles. The first kappa shape index (κ1) is 10.4. The van der Waals surface area contributed by atoms with Gasteiger partial charge in [-0.15, -0.1) is 0 Å². The fraction of sp³-hybridized carbons (Fsp3) is 1.00. The highest BCUT2D eigenvalue weighted by Gasteiger charge is 2.21. The molecule has 0 bridgehead atoms. The second-order valence-electron chi connectivity index (χ2n) is 3.81. The van der Waals surface area contributed by atoms with E-state index in [2.05, 4.69) is 6.26 Å². The Labute approximate surface area is 79.9 Å². The van der Waals surface area contributed by atoms with Gasteiger partial charge in [-0.1, -0.05) is 12.8 Å². The first-order valence-corrected chi connectivity index (χ1v) is 6.39. The average molecular weight is 188 g/mol. The molecule has 0 heterocycles. The molecule has 12 heavy (non-hydrogen) atoms. The molecule has 1 rings (SSSR count). The van der Waals surface area contributed by atoms with Crippen LogP contribution in [0.15, 0.2) is 0 Å². The van der Waals surface area contributed by atoms with Crippen LogP contribution in [0.4, 0.5) is 0 Å². The highest BCUT2D eigenvalue weighted by molar-refractivity contribution is 7.98. The summed E-state index contributed by atoms with van der Waals surface area (Å²) in [6, 6.07) is 0. The van der Waals surface area contributed by atoms with Gasteiger partial charge in [0.15, 0.2) is 0 Å². The Hall–Kier alpha value is 0.310. The van der Waals surface area contributed by atoms with Gasteiger partial charge in [0.2, 0.25) is 0 Å². The molecule has 0 amide bonds. The predicted octanol–water partition coefficient (Wildman–Crippen LogP) is 2.68. The lowest BCUT2D eigenvalue weighted by molar-refractivity contribution is 0.149.